The topological polar surface area (TPSA) is 47.3 Å². The van der Waals surface area contributed by atoms with Crippen molar-refractivity contribution < 1.29 is 0 Å². The molecule has 0 radical (unpaired) electrons. The molecule has 17 heavy (non-hydrogen) atoms. The highest BCUT2D eigenvalue weighted by Crippen LogP contribution is 2.09. The van der Waals surface area contributed by atoms with Crippen LogP contribution < -0.4 is 10.1 Å². The molecular formula is C11H9N3OS2. The van der Waals surface area contributed by atoms with Gasteiger partial charge in [-0.15, -0.1) is 16.4 Å². The number of rotatable bonds is 2. The van der Waals surface area contributed by atoms with Gasteiger partial charge >= 0.3 is 0 Å². The van der Waals surface area contributed by atoms with E-state index >= 15 is 0 Å². The van der Waals surface area contributed by atoms with E-state index in [0.29, 0.717) is 9.49 Å². The molecule has 0 saturated carbocycles. The first kappa shape index (κ1) is 10.6. The zero-order chi connectivity index (χ0) is 11.8. The third-order valence-electron chi connectivity index (χ3n) is 2.36. The third-order valence-corrected chi connectivity index (χ3v) is 4.14. The summed E-state index contributed by atoms with van der Waals surface area (Å²) in [5.74, 6) is 0.719. The molecule has 6 heteroatoms. The molecule has 0 unspecified atom stereocenters. The van der Waals surface area contributed by atoms with Gasteiger partial charge in [0.25, 0.3) is 5.56 Å². The van der Waals surface area contributed by atoms with E-state index < -0.39 is 0 Å². The normalized spacial score (nSPS) is 12.6. The molecule has 4 nitrogen and oxygen atoms in total. The summed E-state index contributed by atoms with van der Waals surface area (Å²) in [6, 6.07) is 3.95. The number of hydrogen-bond acceptors (Lipinski definition) is 5. The van der Waals surface area contributed by atoms with Gasteiger partial charge in [-0.3, -0.25) is 4.79 Å². The lowest BCUT2D eigenvalue weighted by molar-refractivity contribution is 0.867. The van der Waals surface area contributed by atoms with Crippen molar-refractivity contribution in [2.75, 3.05) is 0 Å². The van der Waals surface area contributed by atoms with Gasteiger partial charge in [-0.05, 0) is 17.5 Å². The van der Waals surface area contributed by atoms with E-state index in [2.05, 4.69) is 10.1 Å². The highest BCUT2D eigenvalue weighted by Gasteiger charge is 2.08. The molecule has 0 aliphatic heterocycles. The van der Waals surface area contributed by atoms with Gasteiger partial charge in [-0.2, -0.15) is 4.52 Å². The van der Waals surface area contributed by atoms with Gasteiger partial charge in [0.1, 0.15) is 0 Å². The molecule has 3 aromatic rings. The summed E-state index contributed by atoms with van der Waals surface area (Å²) in [6.45, 7) is 1.97. The van der Waals surface area contributed by atoms with Crippen LogP contribution in [0.2, 0.25) is 0 Å². The minimum absolute atomic E-state index is 0.0781. The number of aromatic nitrogens is 3. The number of fused-ring (bicyclic) bond motifs is 1. The molecule has 0 N–H and O–H groups in total. The molecule has 86 valence electrons. The van der Waals surface area contributed by atoms with Crippen molar-refractivity contribution in [2.24, 2.45) is 0 Å². The fourth-order valence-corrected chi connectivity index (χ4v) is 3.18. The smallest absolute Gasteiger partial charge is 0.266 e. The van der Waals surface area contributed by atoms with E-state index in [1.54, 1.807) is 11.3 Å². The zero-order valence-corrected chi connectivity index (χ0v) is 10.7. The van der Waals surface area contributed by atoms with Crippen LogP contribution in [-0.2, 0) is 6.42 Å². The Morgan fingerprint density at radius 2 is 2.41 bits per heavy atom. The van der Waals surface area contributed by atoms with Crippen LogP contribution in [0.15, 0.2) is 22.3 Å². The Labute approximate surface area is 105 Å². The molecule has 0 bridgehead atoms. The van der Waals surface area contributed by atoms with Crippen molar-refractivity contribution >= 4 is 33.7 Å². The SMILES string of the molecule is CCc1nc2s/c(=C\c3cccs3)c(=O)n2n1. The average Bonchev–Trinajstić information content (AvgIpc) is 3.00. The monoisotopic (exact) mass is 263 g/mol. The number of hydrogen-bond donors (Lipinski definition) is 0. The Morgan fingerprint density at radius 1 is 1.53 bits per heavy atom. The van der Waals surface area contributed by atoms with Crippen LogP contribution in [0.4, 0.5) is 0 Å². The van der Waals surface area contributed by atoms with Crippen molar-refractivity contribution in [1.29, 1.82) is 0 Å². The maximum Gasteiger partial charge on any atom is 0.291 e. The van der Waals surface area contributed by atoms with Crippen molar-refractivity contribution in [2.45, 2.75) is 13.3 Å². The summed E-state index contributed by atoms with van der Waals surface area (Å²) in [5.41, 5.74) is -0.0781. The van der Waals surface area contributed by atoms with Crippen LogP contribution in [0, 0.1) is 0 Å². The fraction of sp³-hybridized carbons (Fsp3) is 0.182. The van der Waals surface area contributed by atoms with Gasteiger partial charge in [-0.25, -0.2) is 4.98 Å². The number of thiazole rings is 1. The van der Waals surface area contributed by atoms with Crippen molar-refractivity contribution in [3.05, 3.63) is 43.1 Å². The van der Waals surface area contributed by atoms with E-state index in [1.807, 2.05) is 30.5 Å². The van der Waals surface area contributed by atoms with Crippen LogP contribution in [0.1, 0.15) is 17.6 Å². The molecule has 0 aliphatic rings. The van der Waals surface area contributed by atoms with E-state index in [9.17, 15) is 4.79 Å². The number of aryl methyl sites for hydroxylation is 1. The van der Waals surface area contributed by atoms with Gasteiger partial charge in [0.05, 0.1) is 4.53 Å². The van der Waals surface area contributed by atoms with Crippen molar-refractivity contribution in [3.8, 4) is 0 Å². The Hall–Kier alpha value is -1.53. The maximum atomic E-state index is 12.0. The minimum atomic E-state index is -0.0781. The standard InChI is InChI=1S/C11H9N3OS2/c1-2-9-12-11-14(13-9)10(15)8(17-11)6-7-4-3-5-16-7/h3-6H,2H2,1H3/b8-6-. The van der Waals surface area contributed by atoms with Crippen molar-refractivity contribution in [3.63, 3.8) is 0 Å². The molecule has 0 aromatic carbocycles. The zero-order valence-electron chi connectivity index (χ0n) is 9.08. The fourth-order valence-electron chi connectivity index (χ4n) is 1.53. The Morgan fingerprint density at radius 3 is 3.06 bits per heavy atom. The highest BCUT2D eigenvalue weighted by atomic mass is 32.1. The quantitative estimate of drug-likeness (QED) is 0.700. The van der Waals surface area contributed by atoms with Crippen LogP contribution in [0.25, 0.3) is 11.0 Å². The van der Waals surface area contributed by atoms with Gasteiger partial charge < -0.3 is 0 Å². The molecule has 0 amide bonds. The van der Waals surface area contributed by atoms with Gasteiger partial charge in [0, 0.05) is 11.3 Å². The summed E-state index contributed by atoms with van der Waals surface area (Å²) in [5, 5.41) is 6.16. The van der Waals surface area contributed by atoms with Crippen LogP contribution in [-0.4, -0.2) is 14.6 Å². The largest absolute Gasteiger partial charge is 0.291 e. The predicted octanol–water partition coefficient (Wildman–Crippen LogP) is 1.32. The Balaban J connectivity index is 2.22. The summed E-state index contributed by atoms with van der Waals surface area (Å²) in [7, 11) is 0. The van der Waals surface area contributed by atoms with Gasteiger partial charge in [-0.1, -0.05) is 24.3 Å². The summed E-state index contributed by atoms with van der Waals surface area (Å²) in [4.78, 5) is 18.1. The Kier molecular flexibility index (Phi) is 2.53. The number of nitrogens with zero attached hydrogens (tertiary/aromatic N) is 3. The lowest BCUT2D eigenvalue weighted by atomic mass is 10.4. The molecule has 0 spiro atoms. The highest BCUT2D eigenvalue weighted by molar-refractivity contribution is 7.15. The van der Waals surface area contributed by atoms with E-state index in [4.69, 9.17) is 0 Å². The van der Waals surface area contributed by atoms with Crippen LogP contribution in [0.3, 0.4) is 0 Å². The second kappa shape index (κ2) is 4.05. The molecular weight excluding hydrogens is 254 g/mol. The van der Waals surface area contributed by atoms with Crippen molar-refractivity contribution in [1.82, 2.24) is 14.6 Å². The first-order chi connectivity index (χ1) is 8.28. The molecule has 3 heterocycles. The van der Waals surface area contributed by atoms with E-state index in [0.717, 1.165) is 17.1 Å². The second-order valence-electron chi connectivity index (χ2n) is 3.51. The second-order valence-corrected chi connectivity index (χ2v) is 5.50. The molecule has 3 rings (SSSR count). The lowest BCUT2D eigenvalue weighted by Gasteiger charge is -1.80. The molecule has 0 aliphatic carbocycles. The molecule has 0 atom stereocenters. The molecule has 0 saturated heterocycles. The predicted molar refractivity (Wildman–Crippen MR) is 69.6 cm³/mol. The summed E-state index contributed by atoms with van der Waals surface area (Å²) >= 11 is 3.00. The van der Waals surface area contributed by atoms with Crippen LogP contribution >= 0.6 is 22.7 Å². The number of thiophene rings is 1. The average molecular weight is 263 g/mol. The van der Waals surface area contributed by atoms with Gasteiger partial charge in [0.2, 0.25) is 4.96 Å². The first-order valence-electron chi connectivity index (χ1n) is 5.21. The lowest BCUT2D eigenvalue weighted by Crippen LogP contribution is -2.23. The van der Waals surface area contributed by atoms with Crippen LogP contribution in [0.5, 0.6) is 0 Å². The molecule has 0 fully saturated rings. The minimum Gasteiger partial charge on any atom is -0.266 e. The summed E-state index contributed by atoms with van der Waals surface area (Å²) < 4.78 is 2.08. The van der Waals surface area contributed by atoms with E-state index in [1.165, 1.54) is 15.9 Å². The van der Waals surface area contributed by atoms with Gasteiger partial charge in [0.15, 0.2) is 5.82 Å². The first-order valence-corrected chi connectivity index (χ1v) is 6.91. The molecule has 3 aromatic heterocycles. The van der Waals surface area contributed by atoms with E-state index in [-0.39, 0.29) is 5.56 Å². The Bertz CT molecular complexity index is 755. The third kappa shape index (κ3) is 1.79. The summed E-state index contributed by atoms with van der Waals surface area (Å²) in [6.07, 6.45) is 2.64. The maximum absolute atomic E-state index is 12.0.